The third kappa shape index (κ3) is 2.85. The molecule has 1 heteroatoms. The highest BCUT2D eigenvalue weighted by molar-refractivity contribution is 5.22. The Morgan fingerprint density at radius 2 is 2.06 bits per heavy atom. The summed E-state index contributed by atoms with van der Waals surface area (Å²) in [5, 5.41) is 3.49. The van der Waals surface area contributed by atoms with Crippen molar-refractivity contribution in [2.24, 2.45) is 5.92 Å². The zero-order chi connectivity index (χ0) is 11.4. The Hall–Kier alpha value is -0.820. The van der Waals surface area contributed by atoms with Gasteiger partial charge in [0.1, 0.15) is 0 Å². The number of hydrogen-bond donors (Lipinski definition) is 1. The second-order valence-corrected chi connectivity index (χ2v) is 5.13. The fourth-order valence-electron chi connectivity index (χ4n) is 2.97. The lowest BCUT2D eigenvalue weighted by molar-refractivity contribution is 0.273. The van der Waals surface area contributed by atoms with Crippen LogP contribution in [0.1, 0.15) is 36.8 Å². The van der Waals surface area contributed by atoms with Gasteiger partial charge in [0.15, 0.2) is 0 Å². The minimum Gasteiger partial charge on any atom is -0.317 e. The van der Waals surface area contributed by atoms with Crippen molar-refractivity contribution in [3.05, 3.63) is 35.4 Å². The molecule has 1 N–H and O–H groups in total. The maximum absolute atomic E-state index is 3.49. The SMILES string of the molecule is CNC1CCCCC1Cc1cccc(C)c1. The number of nitrogens with one attached hydrogen (secondary N) is 1. The number of hydrogen-bond acceptors (Lipinski definition) is 1. The van der Waals surface area contributed by atoms with E-state index in [0.717, 1.165) is 12.0 Å². The van der Waals surface area contributed by atoms with Gasteiger partial charge in [-0.15, -0.1) is 0 Å². The predicted molar refractivity (Wildman–Crippen MR) is 69.7 cm³/mol. The van der Waals surface area contributed by atoms with E-state index in [0.29, 0.717) is 0 Å². The first-order chi connectivity index (χ1) is 7.79. The Balaban J connectivity index is 2.02. The predicted octanol–water partition coefficient (Wildman–Crippen LogP) is 3.32. The Morgan fingerprint density at radius 1 is 1.25 bits per heavy atom. The zero-order valence-electron chi connectivity index (χ0n) is 10.5. The molecule has 0 radical (unpaired) electrons. The molecule has 0 heterocycles. The van der Waals surface area contributed by atoms with Crippen molar-refractivity contribution in [3.8, 4) is 0 Å². The summed E-state index contributed by atoms with van der Waals surface area (Å²) in [7, 11) is 2.11. The average molecular weight is 217 g/mol. The number of aryl methyl sites for hydroxylation is 1. The largest absolute Gasteiger partial charge is 0.317 e. The average Bonchev–Trinajstić information content (AvgIpc) is 2.30. The van der Waals surface area contributed by atoms with Crippen molar-refractivity contribution >= 4 is 0 Å². The molecule has 1 saturated carbocycles. The third-order valence-corrected chi connectivity index (χ3v) is 3.86. The van der Waals surface area contributed by atoms with Crippen molar-refractivity contribution in [2.75, 3.05) is 7.05 Å². The van der Waals surface area contributed by atoms with Crippen LogP contribution in [0.3, 0.4) is 0 Å². The van der Waals surface area contributed by atoms with Gasteiger partial charge in [0.2, 0.25) is 0 Å². The van der Waals surface area contributed by atoms with Crippen LogP contribution in [0.15, 0.2) is 24.3 Å². The van der Waals surface area contributed by atoms with E-state index in [-0.39, 0.29) is 0 Å². The Labute approximate surface area is 99.3 Å². The molecule has 1 aliphatic carbocycles. The summed E-state index contributed by atoms with van der Waals surface area (Å²) in [6.07, 6.45) is 6.80. The summed E-state index contributed by atoms with van der Waals surface area (Å²) in [5.41, 5.74) is 2.89. The van der Waals surface area contributed by atoms with E-state index >= 15 is 0 Å². The zero-order valence-corrected chi connectivity index (χ0v) is 10.5. The molecule has 1 aliphatic rings. The number of rotatable bonds is 3. The Morgan fingerprint density at radius 3 is 2.81 bits per heavy atom. The molecule has 0 aromatic heterocycles. The van der Waals surface area contributed by atoms with Crippen LogP contribution in [0.5, 0.6) is 0 Å². The molecule has 88 valence electrons. The molecule has 1 fully saturated rings. The van der Waals surface area contributed by atoms with Crippen LogP contribution in [0, 0.1) is 12.8 Å². The monoisotopic (exact) mass is 217 g/mol. The lowest BCUT2D eigenvalue weighted by Gasteiger charge is -2.31. The summed E-state index contributed by atoms with van der Waals surface area (Å²) in [6.45, 7) is 2.18. The third-order valence-electron chi connectivity index (χ3n) is 3.86. The van der Waals surface area contributed by atoms with E-state index in [9.17, 15) is 0 Å². The summed E-state index contributed by atoms with van der Waals surface area (Å²) < 4.78 is 0. The Bertz CT molecular complexity index is 332. The quantitative estimate of drug-likeness (QED) is 0.819. The lowest BCUT2D eigenvalue weighted by atomic mass is 9.80. The van der Waals surface area contributed by atoms with E-state index in [1.54, 1.807) is 0 Å². The minimum absolute atomic E-state index is 0.731. The van der Waals surface area contributed by atoms with Gasteiger partial charge >= 0.3 is 0 Å². The highest BCUT2D eigenvalue weighted by Crippen LogP contribution is 2.27. The van der Waals surface area contributed by atoms with Crippen molar-refractivity contribution in [1.82, 2.24) is 5.32 Å². The van der Waals surface area contributed by atoms with E-state index in [1.165, 1.54) is 43.2 Å². The minimum atomic E-state index is 0.731. The molecule has 0 spiro atoms. The van der Waals surface area contributed by atoms with Crippen molar-refractivity contribution in [1.29, 1.82) is 0 Å². The Kier molecular flexibility index (Phi) is 4.00. The van der Waals surface area contributed by atoms with Crippen molar-refractivity contribution in [2.45, 2.75) is 45.1 Å². The molecule has 2 atom stereocenters. The highest BCUT2D eigenvalue weighted by Gasteiger charge is 2.23. The van der Waals surface area contributed by atoms with Gasteiger partial charge in [-0.3, -0.25) is 0 Å². The smallest absolute Gasteiger partial charge is 0.00955 e. The van der Waals surface area contributed by atoms with Gasteiger partial charge in [0, 0.05) is 6.04 Å². The van der Waals surface area contributed by atoms with Gasteiger partial charge in [-0.05, 0) is 44.7 Å². The second-order valence-electron chi connectivity index (χ2n) is 5.13. The molecular formula is C15H23N. The van der Waals surface area contributed by atoms with Gasteiger partial charge in [-0.1, -0.05) is 42.7 Å². The molecule has 0 bridgehead atoms. The van der Waals surface area contributed by atoms with E-state index in [4.69, 9.17) is 0 Å². The fourth-order valence-corrected chi connectivity index (χ4v) is 2.97. The van der Waals surface area contributed by atoms with Gasteiger partial charge in [0.25, 0.3) is 0 Å². The molecule has 0 saturated heterocycles. The maximum atomic E-state index is 3.49. The van der Waals surface area contributed by atoms with Crippen LogP contribution < -0.4 is 5.32 Å². The topological polar surface area (TPSA) is 12.0 Å². The summed E-state index contributed by atoms with van der Waals surface area (Å²) in [6, 6.07) is 9.70. The van der Waals surface area contributed by atoms with Crippen molar-refractivity contribution in [3.63, 3.8) is 0 Å². The highest BCUT2D eigenvalue weighted by atomic mass is 14.9. The lowest BCUT2D eigenvalue weighted by Crippen LogP contribution is -2.37. The first-order valence-corrected chi connectivity index (χ1v) is 6.52. The molecular weight excluding hydrogens is 194 g/mol. The number of benzene rings is 1. The van der Waals surface area contributed by atoms with Crippen LogP contribution >= 0.6 is 0 Å². The molecule has 16 heavy (non-hydrogen) atoms. The van der Waals surface area contributed by atoms with Crippen LogP contribution in [0.2, 0.25) is 0 Å². The molecule has 1 aromatic rings. The molecule has 0 amide bonds. The van der Waals surface area contributed by atoms with Crippen LogP contribution in [0.25, 0.3) is 0 Å². The molecule has 2 unspecified atom stereocenters. The maximum Gasteiger partial charge on any atom is 0.00955 e. The van der Waals surface area contributed by atoms with Crippen LogP contribution in [-0.2, 0) is 6.42 Å². The fraction of sp³-hybridized carbons (Fsp3) is 0.600. The van der Waals surface area contributed by atoms with Crippen molar-refractivity contribution < 1.29 is 0 Å². The molecule has 0 aliphatic heterocycles. The van der Waals surface area contributed by atoms with E-state index in [2.05, 4.69) is 43.6 Å². The van der Waals surface area contributed by atoms with Gasteiger partial charge < -0.3 is 5.32 Å². The van der Waals surface area contributed by atoms with Crippen LogP contribution in [-0.4, -0.2) is 13.1 Å². The normalized spacial score (nSPS) is 25.6. The summed E-state index contributed by atoms with van der Waals surface area (Å²) >= 11 is 0. The summed E-state index contributed by atoms with van der Waals surface area (Å²) in [4.78, 5) is 0. The first kappa shape index (κ1) is 11.7. The molecule has 1 nitrogen and oxygen atoms in total. The molecule has 1 aromatic carbocycles. The standard InChI is InChI=1S/C15H23N/c1-12-6-5-7-13(10-12)11-14-8-3-4-9-15(14)16-2/h5-7,10,14-16H,3-4,8-9,11H2,1-2H3. The first-order valence-electron chi connectivity index (χ1n) is 6.52. The second kappa shape index (κ2) is 5.49. The van der Waals surface area contributed by atoms with Gasteiger partial charge in [-0.2, -0.15) is 0 Å². The molecule has 2 rings (SSSR count). The van der Waals surface area contributed by atoms with E-state index in [1.807, 2.05) is 0 Å². The van der Waals surface area contributed by atoms with Crippen LogP contribution in [0.4, 0.5) is 0 Å². The van der Waals surface area contributed by atoms with Gasteiger partial charge in [-0.25, -0.2) is 0 Å². The van der Waals surface area contributed by atoms with E-state index < -0.39 is 0 Å². The van der Waals surface area contributed by atoms with Gasteiger partial charge in [0.05, 0.1) is 0 Å². The summed E-state index contributed by atoms with van der Waals surface area (Å²) in [5.74, 6) is 0.834.